The van der Waals surface area contributed by atoms with Crippen LogP contribution in [-0.4, -0.2) is 16.8 Å². The van der Waals surface area contributed by atoms with Gasteiger partial charge in [-0.2, -0.15) is 0 Å². The molecule has 0 saturated heterocycles. The predicted molar refractivity (Wildman–Crippen MR) is 90.8 cm³/mol. The summed E-state index contributed by atoms with van der Waals surface area (Å²) < 4.78 is 1.15. The third kappa shape index (κ3) is 3.94. The monoisotopic (exact) mass is 435 g/mol. The fraction of sp³-hybridized carbons (Fsp3) is 0.533. The molecule has 1 amide bonds. The molecule has 2 nitrogen and oxygen atoms in total. The molecule has 4 heteroatoms. The highest BCUT2D eigenvalue weighted by Crippen LogP contribution is 2.33. The van der Waals surface area contributed by atoms with Crippen molar-refractivity contribution in [3.05, 3.63) is 33.4 Å². The molecular formula is C15H19BrINO. The number of carbonyl (C=O) groups is 1. The van der Waals surface area contributed by atoms with Gasteiger partial charge in [-0.1, -0.05) is 35.7 Å². The van der Waals surface area contributed by atoms with Crippen LogP contribution in [0.1, 0.15) is 43.0 Å². The Morgan fingerprint density at radius 2 is 2.16 bits per heavy atom. The molecule has 2 atom stereocenters. The summed E-state index contributed by atoms with van der Waals surface area (Å²) in [5, 5.41) is 4.09. The number of amides is 1. The van der Waals surface area contributed by atoms with Crippen molar-refractivity contribution >= 4 is 44.4 Å². The lowest BCUT2D eigenvalue weighted by atomic mass is 9.77. The number of carbonyl (C=O) groups excluding carboxylic acids is 1. The van der Waals surface area contributed by atoms with Gasteiger partial charge in [0.1, 0.15) is 0 Å². The summed E-state index contributed by atoms with van der Waals surface area (Å²) in [7, 11) is 0. The maximum Gasteiger partial charge on any atom is 0.251 e. The molecule has 2 unspecified atom stereocenters. The highest BCUT2D eigenvalue weighted by Gasteiger charge is 2.35. The van der Waals surface area contributed by atoms with Crippen molar-refractivity contribution in [3.8, 4) is 0 Å². The van der Waals surface area contributed by atoms with Crippen LogP contribution in [0.5, 0.6) is 0 Å². The second-order valence-electron chi connectivity index (χ2n) is 5.58. The summed E-state index contributed by atoms with van der Waals surface area (Å²) in [5.74, 6) is 0.730. The van der Waals surface area contributed by atoms with E-state index in [4.69, 9.17) is 0 Å². The molecule has 0 radical (unpaired) electrons. The van der Waals surface area contributed by atoms with Crippen LogP contribution in [0.3, 0.4) is 0 Å². The van der Waals surface area contributed by atoms with Crippen molar-refractivity contribution in [2.45, 2.75) is 38.1 Å². The molecule has 0 heterocycles. The second kappa shape index (κ2) is 6.57. The number of nitrogens with one attached hydrogen (secondary N) is 1. The first-order valence-corrected chi connectivity index (χ1v) is 8.89. The summed E-state index contributed by atoms with van der Waals surface area (Å²) >= 11 is 5.84. The molecule has 0 spiro atoms. The number of hydrogen-bond donors (Lipinski definition) is 1. The van der Waals surface area contributed by atoms with E-state index >= 15 is 0 Å². The van der Waals surface area contributed by atoms with Gasteiger partial charge in [0.05, 0.1) is 5.54 Å². The Bertz CT molecular complexity index is 448. The van der Waals surface area contributed by atoms with Crippen LogP contribution in [0, 0.1) is 9.49 Å². The van der Waals surface area contributed by atoms with Crippen molar-refractivity contribution < 1.29 is 4.79 Å². The number of alkyl halides is 1. The van der Waals surface area contributed by atoms with Crippen molar-refractivity contribution in [2.75, 3.05) is 5.33 Å². The second-order valence-corrected chi connectivity index (χ2v) is 7.38. The summed E-state index contributed by atoms with van der Waals surface area (Å²) in [6.45, 7) is 2.27. The Kier molecular flexibility index (Phi) is 5.29. The standard InChI is InChI=1S/C15H19BrINO/c1-11-3-2-8-15(9-11,10-16)18-14(19)12-4-6-13(17)7-5-12/h4-7,11H,2-3,8-10H2,1H3,(H,18,19). The van der Waals surface area contributed by atoms with Gasteiger partial charge in [-0.3, -0.25) is 4.79 Å². The maximum absolute atomic E-state index is 12.4. The van der Waals surface area contributed by atoms with E-state index in [9.17, 15) is 4.79 Å². The molecule has 1 aliphatic rings. The van der Waals surface area contributed by atoms with Crippen molar-refractivity contribution in [1.82, 2.24) is 5.32 Å². The van der Waals surface area contributed by atoms with E-state index in [1.54, 1.807) is 0 Å². The van der Waals surface area contributed by atoms with E-state index in [2.05, 4.69) is 50.8 Å². The van der Waals surface area contributed by atoms with Crippen LogP contribution in [0.4, 0.5) is 0 Å². The van der Waals surface area contributed by atoms with Crippen LogP contribution in [-0.2, 0) is 0 Å². The van der Waals surface area contributed by atoms with Crippen molar-refractivity contribution in [3.63, 3.8) is 0 Å². The van der Waals surface area contributed by atoms with Gasteiger partial charge in [0.25, 0.3) is 5.91 Å². The molecule has 1 fully saturated rings. The minimum Gasteiger partial charge on any atom is -0.346 e. The van der Waals surface area contributed by atoms with Gasteiger partial charge in [0.2, 0.25) is 0 Å². The molecule has 0 aliphatic heterocycles. The summed E-state index contributed by atoms with van der Waals surface area (Å²) in [6, 6.07) is 7.73. The fourth-order valence-corrected chi connectivity index (χ4v) is 3.85. The first-order chi connectivity index (χ1) is 9.04. The largest absolute Gasteiger partial charge is 0.346 e. The Morgan fingerprint density at radius 3 is 2.74 bits per heavy atom. The summed E-state index contributed by atoms with van der Waals surface area (Å²) in [6.07, 6.45) is 4.60. The molecule has 1 N–H and O–H groups in total. The summed E-state index contributed by atoms with van der Waals surface area (Å²) in [4.78, 5) is 12.4. The van der Waals surface area contributed by atoms with Gasteiger partial charge < -0.3 is 5.32 Å². The Labute approximate surface area is 137 Å². The zero-order valence-electron chi connectivity index (χ0n) is 11.1. The maximum atomic E-state index is 12.4. The topological polar surface area (TPSA) is 29.1 Å². The molecular weight excluding hydrogens is 417 g/mol. The van der Waals surface area contributed by atoms with E-state index in [1.165, 1.54) is 12.8 Å². The zero-order chi connectivity index (χ0) is 13.9. The Balaban J connectivity index is 2.09. The van der Waals surface area contributed by atoms with Gasteiger partial charge in [-0.05, 0) is 65.6 Å². The van der Waals surface area contributed by atoms with E-state index in [0.717, 1.165) is 27.3 Å². The average Bonchev–Trinajstić information content (AvgIpc) is 2.39. The smallest absolute Gasteiger partial charge is 0.251 e. The quantitative estimate of drug-likeness (QED) is 0.554. The van der Waals surface area contributed by atoms with E-state index < -0.39 is 0 Å². The molecule has 1 saturated carbocycles. The lowest BCUT2D eigenvalue weighted by Gasteiger charge is -2.39. The van der Waals surface area contributed by atoms with E-state index in [1.807, 2.05) is 24.3 Å². The predicted octanol–water partition coefficient (Wildman–Crippen LogP) is 4.36. The van der Waals surface area contributed by atoms with Crippen molar-refractivity contribution in [1.29, 1.82) is 0 Å². The van der Waals surface area contributed by atoms with E-state index in [-0.39, 0.29) is 11.4 Å². The third-order valence-electron chi connectivity index (χ3n) is 3.83. The normalized spacial score (nSPS) is 27.0. The Hall–Kier alpha value is -0.100. The minimum atomic E-state index is -0.0717. The number of benzene rings is 1. The molecule has 19 heavy (non-hydrogen) atoms. The molecule has 104 valence electrons. The van der Waals surface area contributed by atoms with Gasteiger partial charge >= 0.3 is 0 Å². The highest BCUT2D eigenvalue weighted by atomic mass is 127. The van der Waals surface area contributed by atoms with E-state index in [0.29, 0.717) is 5.92 Å². The minimum absolute atomic E-state index is 0.0463. The van der Waals surface area contributed by atoms with Crippen LogP contribution < -0.4 is 5.32 Å². The van der Waals surface area contributed by atoms with Gasteiger partial charge in [0.15, 0.2) is 0 Å². The van der Waals surface area contributed by atoms with Gasteiger partial charge in [-0.25, -0.2) is 0 Å². The lowest BCUT2D eigenvalue weighted by Crippen LogP contribution is -2.52. The average molecular weight is 436 g/mol. The fourth-order valence-electron chi connectivity index (χ4n) is 2.84. The first kappa shape index (κ1) is 15.3. The first-order valence-electron chi connectivity index (χ1n) is 6.69. The zero-order valence-corrected chi connectivity index (χ0v) is 14.8. The molecule has 0 aromatic heterocycles. The van der Waals surface area contributed by atoms with Crippen LogP contribution >= 0.6 is 38.5 Å². The molecule has 1 aliphatic carbocycles. The highest BCUT2D eigenvalue weighted by molar-refractivity contribution is 14.1. The van der Waals surface area contributed by atoms with Crippen LogP contribution in [0.25, 0.3) is 0 Å². The number of rotatable bonds is 3. The van der Waals surface area contributed by atoms with Crippen molar-refractivity contribution in [2.24, 2.45) is 5.92 Å². The third-order valence-corrected chi connectivity index (χ3v) is 5.62. The van der Waals surface area contributed by atoms with Crippen LogP contribution in [0.2, 0.25) is 0 Å². The lowest BCUT2D eigenvalue weighted by molar-refractivity contribution is 0.0869. The van der Waals surface area contributed by atoms with Gasteiger partial charge in [-0.15, -0.1) is 0 Å². The number of hydrogen-bond acceptors (Lipinski definition) is 1. The molecule has 2 rings (SSSR count). The SMILES string of the molecule is CC1CCCC(CBr)(NC(=O)c2ccc(I)cc2)C1. The number of halogens is 2. The van der Waals surface area contributed by atoms with Gasteiger partial charge in [0, 0.05) is 14.5 Å². The van der Waals surface area contributed by atoms with Crippen LogP contribution in [0.15, 0.2) is 24.3 Å². The molecule has 1 aromatic carbocycles. The summed E-state index contributed by atoms with van der Waals surface area (Å²) in [5.41, 5.74) is 0.677. The molecule has 1 aromatic rings. The Morgan fingerprint density at radius 1 is 1.47 bits per heavy atom. The molecule has 0 bridgehead atoms.